The van der Waals surface area contributed by atoms with Gasteiger partial charge in [-0.15, -0.1) is 0 Å². The molecular weight excluding hydrogens is 212 g/mol. The highest BCUT2D eigenvalue weighted by Gasteiger charge is 1.95. The molecule has 0 fully saturated rings. The van der Waals surface area contributed by atoms with Crippen molar-refractivity contribution in [1.82, 2.24) is 0 Å². The Morgan fingerprint density at radius 2 is 1.06 bits per heavy atom. The summed E-state index contributed by atoms with van der Waals surface area (Å²) in [6.45, 7) is 15.3. The van der Waals surface area contributed by atoms with E-state index in [1.165, 1.54) is 12.8 Å². The third-order valence-electron chi connectivity index (χ3n) is 2.39. The van der Waals surface area contributed by atoms with Gasteiger partial charge in [-0.25, -0.2) is 0 Å². The maximum Gasteiger partial charge on any atom is 0.0468 e. The fraction of sp³-hybridized carbons (Fsp3) is 1.00. The van der Waals surface area contributed by atoms with Gasteiger partial charge in [0.05, 0.1) is 0 Å². The van der Waals surface area contributed by atoms with Crippen LogP contribution in [0, 0.1) is 17.8 Å². The summed E-state index contributed by atoms with van der Waals surface area (Å²) in [7, 11) is 0. The molecule has 0 spiro atoms. The minimum atomic E-state index is 0.331. The Labute approximate surface area is 109 Å². The number of aliphatic hydroxyl groups is 1. The van der Waals surface area contributed by atoms with Crippen LogP contribution in [0.2, 0.25) is 0 Å². The highest BCUT2D eigenvalue weighted by molar-refractivity contribution is 4.45. The fourth-order valence-corrected chi connectivity index (χ4v) is 0.998. The van der Waals surface area contributed by atoms with Crippen LogP contribution in [0.15, 0.2) is 0 Å². The van der Waals surface area contributed by atoms with Gasteiger partial charge in [-0.05, 0) is 37.0 Å². The smallest absolute Gasteiger partial charge is 0.0468 e. The monoisotopic (exact) mass is 246 g/mol. The Bertz CT molecular complexity index is 121. The van der Waals surface area contributed by atoms with Crippen molar-refractivity contribution in [2.24, 2.45) is 17.8 Å². The van der Waals surface area contributed by atoms with Gasteiger partial charge in [-0.1, -0.05) is 41.5 Å². The fourth-order valence-electron chi connectivity index (χ4n) is 0.998. The second kappa shape index (κ2) is 14.0. The highest BCUT2D eigenvalue weighted by atomic mass is 16.5. The molecule has 0 aromatic heterocycles. The molecule has 0 aromatic carbocycles. The summed E-state index contributed by atoms with van der Waals surface area (Å²) in [6, 6.07) is 0. The Hall–Kier alpha value is -0.0800. The number of hydrogen-bond donors (Lipinski definition) is 1. The van der Waals surface area contributed by atoms with Crippen molar-refractivity contribution in [3.8, 4) is 0 Å². The summed E-state index contributed by atoms with van der Waals surface area (Å²) in [6.07, 6.45) is 3.32. The molecule has 1 N–H and O–H groups in total. The predicted octanol–water partition coefficient (Wildman–Crippen LogP) is 4.12. The lowest BCUT2D eigenvalue weighted by molar-refractivity contribution is 0.114. The summed E-state index contributed by atoms with van der Waals surface area (Å²) in [5.41, 5.74) is 0. The first-order valence-corrected chi connectivity index (χ1v) is 7.08. The molecule has 0 radical (unpaired) electrons. The summed E-state index contributed by atoms with van der Waals surface area (Å²) in [5, 5.41) is 8.24. The van der Waals surface area contributed by atoms with Crippen LogP contribution in [0.4, 0.5) is 0 Å². The SMILES string of the molecule is CC(C)CCO.CC(C)CCOCCC(C)C. The second-order valence-electron chi connectivity index (χ2n) is 5.88. The van der Waals surface area contributed by atoms with Crippen LogP contribution in [-0.4, -0.2) is 24.9 Å². The van der Waals surface area contributed by atoms with Gasteiger partial charge in [-0.3, -0.25) is 0 Å². The van der Waals surface area contributed by atoms with Gasteiger partial charge < -0.3 is 9.84 Å². The molecule has 0 aliphatic heterocycles. The van der Waals surface area contributed by atoms with Crippen LogP contribution in [0.3, 0.4) is 0 Å². The molecule has 2 heteroatoms. The standard InChI is InChI=1S/C10H22O.C5H12O/c1-9(2)5-7-11-8-6-10(3)4;1-5(2)3-4-6/h9-10H,5-8H2,1-4H3;5-6H,3-4H2,1-2H3. The average molecular weight is 246 g/mol. The molecule has 17 heavy (non-hydrogen) atoms. The molecule has 0 atom stereocenters. The van der Waals surface area contributed by atoms with Crippen molar-refractivity contribution in [2.45, 2.75) is 60.8 Å². The van der Waals surface area contributed by atoms with Gasteiger partial charge in [0.25, 0.3) is 0 Å². The maximum absolute atomic E-state index is 8.24. The first-order valence-electron chi connectivity index (χ1n) is 7.08. The van der Waals surface area contributed by atoms with Gasteiger partial charge in [0.1, 0.15) is 0 Å². The van der Waals surface area contributed by atoms with Crippen LogP contribution >= 0.6 is 0 Å². The lowest BCUT2D eigenvalue weighted by atomic mass is 10.1. The van der Waals surface area contributed by atoms with E-state index in [0.717, 1.165) is 31.5 Å². The number of ether oxygens (including phenoxy) is 1. The molecule has 0 rings (SSSR count). The quantitative estimate of drug-likeness (QED) is 0.653. The largest absolute Gasteiger partial charge is 0.396 e. The third kappa shape index (κ3) is 25.9. The maximum atomic E-state index is 8.24. The molecule has 0 bridgehead atoms. The molecule has 0 aliphatic rings. The van der Waals surface area contributed by atoms with Crippen molar-refractivity contribution in [1.29, 1.82) is 0 Å². The third-order valence-corrected chi connectivity index (χ3v) is 2.39. The molecule has 0 unspecified atom stereocenters. The van der Waals surface area contributed by atoms with Gasteiger partial charge in [0, 0.05) is 19.8 Å². The summed E-state index contributed by atoms with van der Waals surface area (Å²) < 4.78 is 5.46. The summed E-state index contributed by atoms with van der Waals surface area (Å²) in [5.74, 6) is 2.19. The van der Waals surface area contributed by atoms with Crippen molar-refractivity contribution in [3.63, 3.8) is 0 Å². The van der Waals surface area contributed by atoms with E-state index in [-0.39, 0.29) is 0 Å². The van der Waals surface area contributed by atoms with Gasteiger partial charge in [0.15, 0.2) is 0 Å². The van der Waals surface area contributed by atoms with Crippen LogP contribution < -0.4 is 0 Å². The van der Waals surface area contributed by atoms with E-state index in [1.807, 2.05) is 0 Å². The van der Waals surface area contributed by atoms with Crippen LogP contribution in [0.1, 0.15) is 60.8 Å². The molecule has 0 aliphatic carbocycles. The van der Waals surface area contributed by atoms with E-state index in [0.29, 0.717) is 12.5 Å². The molecule has 0 saturated heterocycles. The molecule has 0 aromatic rings. The molecular formula is C15H34O2. The first kappa shape index (κ1) is 19.3. The van der Waals surface area contributed by atoms with Crippen LogP contribution in [-0.2, 0) is 4.74 Å². The minimum Gasteiger partial charge on any atom is -0.396 e. The zero-order valence-corrected chi connectivity index (χ0v) is 12.8. The van der Waals surface area contributed by atoms with E-state index < -0.39 is 0 Å². The van der Waals surface area contributed by atoms with Gasteiger partial charge in [0.2, 0.25) is 0 Å². The van der Waals surface area contributed by atoms with Crippen molar-refractivity contribution >= 4 is 0 Å². The lowest BCUT2D eigenvalue weighted by Gasteiger charge is -2.07. The Balaban J connectivity index is 0. The number of rotatable bonds is 8. The highest BCUT2D eigenvalue weighted by Crippen LogP contribution is 2.02. The topological polar surface area (TPSA) is 29.5 Å². The average Bonchev–Trinajstić information content (AvgIpc) is 2.16. The zero-order valence-electron chi connectivity index (χ0n) is 12.8. The van der Waals surface area contributed by atoms with Crippen molar-refractivity contribution < 1.29 is 9.84 Å². The van der Waals surface area contributed by atoms with Gasteiger partial charge >= 0.3 is 0 Å². The summed E-state index contributed by atoms with van der Waals surface area (Å²) in [4.78, 5) is 0. The van der Waals surface area contributed by atoms with E-state index in [4.69, 9.17) is 9.84 Å². The predicted molar refractivity (Wildman–Crippen MR) is 76.3 cm³/mol. The molecule has 0 heterocycles. The van der Waals surface area contributed by atoms with Crippen LogP contribution in [0.5, 0.6) is 0 Å². The Morgan fingerprint density at radius 3 is 1.24 bits per heavy atom. The van der Waals surface area contributed by atoms with Gasteiger partial charge in [-0.2, -0.15) is 0 Å². The Morgan fingerprint density at radius 1 is 0.706 bits per heavy atom. The van der Waals surface area contributed by atoms with Crippen molar-refractivity contribution in [2.75, 3.05) is 19.8 Å². The zero-order chi connectivity index (χ0) is 13.7. The van der Waals surface area contributed by atoms with E-state index in [9.17, 15) is 0 Å². The van der Waals surface area contributed by atoms with E-state index in [1.54, 1.807) is 0 Å². The van der Waals surface area contributed by atoms with Crippen molar-refractivity contribution in [3.05, 3.63) is 0 Å². The first-order chi connectivity index (χ1) is 7.90. The molecule has 0 saturated carbocycles. The second-order valence-corrected chi connectivity index (χ2v) is 5.88. The van der Waals surface area contributed by atoms with E-state index in [2.05, 4.69) is 41.5 Å². The lowest BCUT2D eigenvalue weighted by Crippen LogP contribution is -2.02. The van der Waals surface area contributed by atoms with E-state index >= 15 is 0 Å². The Kier molecular flexibility index (Phi) is 15.8. The molecule has 106 valence electrons. The van der Waals surface area contributed by atoms with Crippen LogP contribution in [0.25, 0.3) is 0 Å². The normalized spacial score (nSPS) is 10.9. The summed E-state index contributed by atoms with van der Waals surface area (Å²) >= 11 is 0. The number of hydrogen-bond acceptors (Lipinski definition) is 2. The molecule has 2 nitrogen and oxygen atoms in total. The number of aliphatic hydroxyl groups excluding tert-OH is 1. The minimum absolute atomic E-state index is 0.331. The molecule has 0 amide bonds.